The van der Waals surface area contributed by atoms with Crippen molar-refractivity contribution in [1.29, 1.82) is 0 Å². The van der Waals surface area contributed by atoms with Crippen LogP contribution in [0, 0.1) is 5.82 Å². The highest BCUT2D eigenvalue weighted by atomic mass is 19.1. The molecule has 114 valence electrons. The maximum absolute atomic E-state index is 13.7. The highest BCUT2D eigenvalue weighted by Crippen LogP contribution is 2.25. The number of carbonyl (C=O) groups is 2. The van der Waals surface area contributed by atoms with E-state index in [0.717, 1.165) is 12.8 Å². The summed E-state index contributed by atoms with van der Waals surface area (Å²) in [6.07, 6.45) is 2.27. The van der Waals surface area contributed by atoms with Gasteiger partial charge in [0.2, 0.25) is 5.91 Å². The van der Waals surface area contributed by atoms with Gasteiger partial charge in [-0.3, -0.25) is 4.79 Å². The molecule has 1 heterocycles. The number of hydrogen-bond donors (Lipinski definition) is 1. The number of aliphatic carboxylic acids is 1. The van der Waals surface area contributed by atoms with E-state index in [9.17, 15) is 19.1 Å². The SMILES string of the molecule is C[C@@H](CC(=O)N1CCCC[C@@H]1C(=O)O)c1ccccc1F. The number of halogens is 1. The molecule has 0 spiro atoms. The number of piperidine rings is 1. The van der Waals surface area contributed by atoms with Crippen molar-refractivity contribution in [3.63, 3.8) is 0 Å². The third-order valence-electron chi connectivity index (χ3n) is 4.03. The first kappa shape index (κ1) is 15.5. The van der Waals surface area contributed by atoms with Crippen molar-refractivity contribution >= 4 is 11.9 Å². The van der Waals surface area contributed by atoms with Crippen LogP contribution in [0.15, 0.2) is 24.3 Å². The molecule has 0 saturated carbocycles. The summed E-state index contributed by atoms with van der Waals surface area (Å²) >= 11 is 0. The molecular formula is C16H20FNO3. The first-order chi connectivity index (χ1) is 10.0. The lowest BCUT2D eigenvalue weighted by atomic mass is 9.95. The van der Waals surface area contributed by atoms with Crippen LogP contribution in [-0.4, -0.2) is 34.5 Å². The number of nitrogens with zero attached hydrogens (tertiary/aromatic N) is 1. The minimum atomic E-state index is -0.957. The van der Waals surface area contributed by atoms with E-state index >= 15 is 0 Å². The zero-order chi connectivity index (χ0) is 15.4. The van der Waals surface area contributed by atoms with Crippen molar-refractivity contribution < 1.29 is 19.1 Å². The largest absolute Gasteiger partial charge is 0.480 e. The fourth-order valence-corrected chi connectivity index (χ4v) is 2.85. The van der Waals surface area contributed by atoms with Crippen LogP contribution in [0.2, 0.25) is 0 Å². The topological polar surface area (TPSA) is 57.6 Å². The van der Waals surface area contributed by atoms with Crippen LogP contribution >= 0.6 is 0 Å². The molecule has 1 aliphatic heterocycles. The van der Waals surface area contributed by atoms with Crippen molar-refractivity contribution in [1.82, 2.24) is 4.90 Å². The van der Waals surface area contributed by atoms with Gasteiger partial charge in [-0.15, -0.1) is 0 Å². The minimum absolute atomic E-state index is 0.130. The Balaban J connectivity index is 2.06. The van der Waals surface area contributed by atoms with E-state index in [2.05, 4.69) is 0 Å². The zero-order valence-corrected chi connectivity index (χ0v) is 12.1. The molecule has 1 saturated heterocycles. The van der Waals surface area contributed by atoms with Gasteiger partial charge < -0.3 is 10.0 Å². The molecule has 1 N–H and O–H groups in total. The number of carboxylic acids is 1. The van der Waals surface area contributed by atoms with Gasteiger partial charge in [0.1, 0.15) is 11.9 Å². The molecular weight excluding hydrogens is 273 g/mol. The molecule has 0 aromatic heterocycles. The van der Waals surface area contributed by atoms with Crippen LogP contribution in [0.5, 0.6) is 0 Å². The van der Waals surface area contributed by atoms with E-state index in [4.69, 9.17) is 0 Å². The maximum Gasteiger partial charge on any atom is 0.326 e. The lowest BCUT2D eigenvalue weighted by molar-refractivity contribution is -0.152. The Morgan fingerprint density at radius 1 is 1.38 bits per heavy atom. The van der Waals surface area contributed by atoms with E-state index in [1.807, 2.05) is 0 Å². The van der Waals surface area contributed by atoms with Crippen LogP contribution in [0.3, 0.4) is 0 Å². The summed E-state index contributed by atoms with van der Waals surface area (Å²) in [5.41, 5.74) is 0.495. The van der Waals surface area contributed by atoms with E-state index in [1.165, 1.54) is 11.0 Å². The molecule has 21 heavy (non-hydrogen) atoms. The van der Waals surface area contributed by atoms with Crippen molar-refractivity contribution in [3.8, 4) is 0 Å². The molecule has 1 aromatic carbocycles. The molecule has 1 aromatic rings. The molecule has 1 fully saturated rings. The molecule has 1 aliphatic rings. The normalized spacial score (nSPS) is 20.1. The van der Waals surface area contributed by atoms with Crippen molar-refractivity contribution in [2.24, 2.45) is 0 Å². The Morgan fingerprint density at radius 2 is 2.10 bits per heavy atom. The van der Waals surface area contributed by atoms with Gasteiger partial charge in [-0.1, -0.05) is 25.1 Å². The van der Waals surface area contributed by atoms with E-state index in [1.54, 1.807) is 25.1 Å². The number of hydrogen-bond acceptors (Lipinski definition) is 2. The van der Waals surface area contributed by atoms with Crippen molar-refractivity contribution in [2.75, 3.05) is 6.54 Å². The third-order valence-corrected chi connectivity index (χ3v) is 4.03. The Hall–Kier alpha value is -1.91. The minimum Gasteiger partial charge on any atom is -0.480 e. The molecule has 1 amide bonds. The smallest absolute Gasteiger partial charge is 0.326 e. The van der Waals surface area contributed by atoms with Gasteiger partial charge in [-0.2, -0.15) is 0 Å². The summed E-state index contributed by atoms with van der Waals surface area (Å²) in [7, 11) is 0. The number of benzene rings is 1. The Bertz CT molecular complexity index is 532. The lowest BCUT2D eigenvalue weighted by Gasteiger charge is -2.33. The predicted molar refractivity (Wildman–Crippen MR) is 76.4 cm³/mol. The van der Waals surface area contributed by atoms with Crippen LogP contribution in [0.4, 0.5) is 4.39 Å². The van der Waals surface area contributed by atoms with Gasteiger partial charge in [-0.25, -0.2) is 9.18 Å². The standard InChI is InChI=1S/C16H20FNO3/c1-11(12-6-2-3-7-13(12)17)10-15(19)18-9-5-4-8-14(18)16(20)21/h2-3,6-7,11,14H,4-5,8-10H2,1H3,(H,20,21)/t11-,14+/m0/s1. The van der Waals surface area contributed by atoms with Crippen LogP contribution in [0.1, 0.15) is 44.1 Å². The van der Waals surface area contributed by atoms with Crippen LogP contribution < -0.4 is 0 Å². The van der Waals surface area contributed by atoms with E-state index < -0.39 is 12.0 Å². The second-order valence-corrected chi connectivity index (χ2v) is 5.56. The second-order valence-electron chi connectivity index (χ2n) is 5.56. The molecule has 2 rings (SSSR count). The summed E-state index contributed by atoms with van der Waals surface area (Å²) in [4.78, 5) is 25.0. The Morgan fingerprint density at radius 3 is 2.76 bits per heavy atom. The predicted octanol–water partition coefficient (Wildman–Crippen LogP) is 2.79. The van der Waals surface area contributed by atoms with Gasteiger partial charge in [0.25, 0.3) is 0 Å². The molecule has 0 bridgehead atoms. The average Bonchev–Trinajstić information content (AvgIpc) is 2.47. The fourth-order valence-electron chi connectivity index (χ4n) is 2.85. The van der Waals surface area contributed by atoms with Gasteiger partial charge in [-0.05, 0) is 36.8 Å². The summed E-state index contributed by atoms with van der Waals surface area (Å²) < 4.78 is 13.7. The fraction of sp³-hybridized carbons (Fsp3) is 0.500. The molecule has 0 radical (unpaired) electrons. The number of likely N-dealkylation sites (tertiary alicyclic amines) is 1. The highest BCUT2D eigenvalue weighted by molar-refractivity contribution is 5.84. The van der Waals surface area contributed by atoms with Crippen LogP contribution in [0.25, 0.3) is 0 Å². The summed E-state index contributed by atoms with van der Waals surface area (Å²) in [6.45, 7) is 2.26. The maximum atomic E-state index is 13.7. The van der Waals surface area contributed by atoms with Crippen molar-refractivity contribution in [2.45, 2.75) is 44.6 Å². The summed E-state index contributed by atoms with van der Waals surface area (Å²) in [5.74, 6) is -1.76. The zero-order valence-electron chi connectivity index (χ0n) is 12.1. The van der Waals surface area contributed by atoms with E-state index in [-0.39, 0.29) is 24.1 Å². The van der Waals surface area contributed by atoms with Crippen LogP contribution in [-0.2, 0) is 9.59 Å². The number of carbonyl (C=O) groups excluding carboxylic acids is 1. The third kappa shape index (κ3) is 3.60. The lowest BCUT2D eigenvalue weighted by Crippen LogP contribution is -2.48. The highest BCUT2D eigenvalue weighted by Gasteiger charge is 2.32. The van der Waals surface area contributed by atoms with Gasteiger partial charge in [0.05, 0.1) is 0 Å². The molecule has 5 heteroatoms. The number of carboxylic acid groups (broad SMARTS) is 1. The molecule has 0 aliphatic carbocycles. The van der Waals surface area contributed by atoms with Gasteiger partial charge in [0, 0.05) is 13.0 Å². The first-order valence-electron chi connectivity index (χ1n) is 7.27. The van der Waals surface area contributed by atoms with Gasteiger partial charge in [0.15, 0.2) is 0 Å². The molecule has 2 atom stereocenters. The Labute approximate surface area is 123 Å². The van der Waals surface area contributed by atoms with Gasteiger partial charge >= 0.3 is 5.97 Å². The first-order valence-corrected chi connectivity index (χ1v) is 7.27. The van der Waals surface area contributed by atoms with E-state index in [0.29, 0.717) is 18.5 Å². The quantitative estimate of drug-likeness (QED) is 0.928. The summed E-state index contributed by atoms with van der Waals surface area (Å²) in [5, 5.41) is 9.20. The second kappa shape index (κ2) is 6.70. The van der Waals surface area contributed by atoms with Crippen molar-refractivity contribution in [3.05, 3.63) is 35.6 Å². The number of rotatable bonds is 4. The average molecular weight is 293 g/mol. The molecule has 0 unspecified atom stereocenters. The monoisotopic (exact) mass is 293 g/mol. The molecule has 4 nitrogen and oxygen atoms in total. The number of amides is 1. The Kier molecular flexibility index (Phi) is 4.94. The summed E-state index contributed by atoms with van der Waals surface area (Å²) in [6, 6.07) is 5.65.